The van der Waals surface area contributed by atoms with Gasteiger partial charge in [-0.3, -0.25) is 0 Å². The zero-order chi connectivity index (χ0) is 42.1. The average molecular weight is 809 g/mol. The van der Waals surface area contributed by atoms with Crippen LogP contribution in [0, 0.1) is 0 Å². The fourth-order valence-electron chi connectivity index (χ4n) is 9.71. The Hall–Kier alpha value is -8.08. The van der Waals surface area contributed by atoms with E-state index in [1.54, 1.807) is 0 Å². The number of hydrogen-bond donors (Lipinski definition) is 1. The number of rotatable bonds is 10. The van der Waals surface area contributed by atoms with Gasteiger partial charge in [0, 0.05) is 28.2 Å². The third kappa shape index (κ3) is 6.73. The lowest BCUT2D eigenvalue weighted by molar-refractivity contribution is 0.604. The van der Waals surface area contributed by atoms with E-state index in [0.29, 0.717) is 12.4 Å². The van der Waals surface area contributed by atoms with Gasteiger partial charge in [0.15, 0.2) is 0 Å². The molecule has 1 heterocycles. The highest BCUT2D eigenvalue weighted by molar-refractivity contribution is 5.87. The number of nitrogens with one attached hydrogen (secondary N) is 1. The van der Waals surface area contributed by atoms with E-state index in [1.165, 1.54) is 33.4 Å². The number of fused-ring (bicyclic) bond motifs is 3. The number of benzene rings is 8. The summed E-state index contributed by atoms with van der Waals surface area (Å²) in [5.41, 5.74) is 14.4. The van der Waals surface area contributed by atoms with E-state index < -0.39 is 11.0 Å². The van der Waals surface area contributed by atoms with Crippen LogP contribution in [0.5, 0.6) is 0 Å². The van der Waals surface area contributed by atoms with Gasteiger partial charge in [-0.25, -0.2) is 9.97 Å². The molecule has 0 spiro atoms. The van der Waals surface area contributed by atoms with Crippen LogP contribution < -0.4 is 10.2 Å². The minimum Gasteiger partial charge on any atom is -0.341 e. The fraction of sp³-hybridized carbons (Fsp3) is 0.0508. The van der Waals surface area contributed by atoms with Gasteiger partial charge in [-0.15, -0.1) is 0 Å². The van der Waals surface area contributed by atoms with Gasteiger partial charge < -0.3 is 10.2 Å². The summed E-state index contributed by atoms with van der Waals surface area (Å²) < 4.78 is 0. The molecular formula is C59H44N4. The highest BCUT2D eigenvalue weighted by atomic mass is 15.2. The molecule has 9 aromatic rings. The molecule has 0 bridgehead atoms. The van der Waals surface area contributed by atoms with Gasteiger partial charge in [0.05, 0.1) is 22.3 Å². The second-order valence-electron chi connectivity index (χ2n) is 16.3. The number of nitrogens with zero attached hydrogens (tertiary/aromatic N) is 3. The van der Waals surface area contributed by atoms with Crippen molar-refractivity contribution in [2.24, 2.45) is 0 Å². The van der Waals surface area contributed by atoms with Gasteiger partial charge in [0.2, 0.25) is 5.95 Å². The SMILES string of the molecule is C1=CC(Nc2nc(-c3ccccc3)cc(-c3ccccc3)n2)(c2ccc3c(c2)C(c2ccccc2)(c2ccccc2)c2ccccc2-3)CC=C1N(c1ccccc1)c1ccccc1. The Kier molecular flexibility index (Phi) is 9.67. The zero-order valence-corrected chi connectivity index (χ0v) is 34.7. The first kappa shape index (κ1) is 37.9. The van der Waals surface area contributed by atoms with E-state index in [4.69, 9.17) is 9.97 Å². The summed E-state index contributed by atoms with van der Waals surface area (Å²) in [6, 6.07) is 82.1. The molecule has 4 nitrogen and oxygen atoms in total. The van der Waals surface area contributed by atoms with Gasteiger partial charge in [-0.1, -0.05) is 212 Å². The molecule has 0 fully saturated rings. The van der Waals surface area contributed by atoms with Crippen molar-refractivity contribution in [2.75, 3.05) is 10.2 Å². The van der Waals surface area contributed by atoms with Crippen molar-refractivity contribution in [3.8, 4) is 33.6 Å². The van der Waals surface area contributed by atoms with Crippen LogP contribution in [0.1, 0.15) is 34.2 Å². The molecule has 8 aromatic carbocycles. The Bertz CT molecular complexity index is 2960. The van der Waals surface area contributed by atoms with Crippen LogP contribution in [-0.2, 0) is 11.0 Å². The first-order valence-electron chi connectivity index (χ1n) is 21.6. The second kappa shape index (κ2) is 16.1. The van der Waals surface area contributed by atoms with E-state index in [-0.39, 0.29) is 0 Å². The molecule has 0 aliphatic heterocycles. The standard InChI is InChI=1S/C59H44N4/c1-7-21-43(22-8-1)55-42-56(44-23-9-2-10-24-44)61-57(60-55)62-58(39-37-50(38-40-58)63(48-29-15-5-16-30-48)49-31-17-6-18-32-49)47-35-36-52-51-33-19-20-34-53(51)59(54(52)41-47,45-25-11-3-12-26-45)46-27-13-4-14-28-46/h1-39,41-42H,40H2,(H,60,61,62). The maximum absolute atomic E-state index is 5.28. The molecule has 2 aliphatic rings. The van der Waals surface area contributed by atoms with Crippen molar-refractivity contribution < 1.29 is 0 Å². The Morgan fingerprint density at radius 2 is 0.905 bits per heavy atom. The summed E-state index contributed by atoms with van der Waals surface area (Å²) in [6.45, 7) is 0. The summed E-state index contributed by atoms with van der Waals surface area (Å²) in [7, 11) is 0. The number of anilines is 3. The highest BCUT2D eigenvalue weighted by Crippen LogP contribution is 2.57. The zero-order valence-electron chi connectivity index (χ0n) is 34.7. The second-order valence-corrected chi connectivity index (χ2v) is 16.3. The lowest BCUT2D eigenvalue weighted by Gasteiger charge is -2.38. The number of para-hydroxylation sites is 2. The molecule has 1 atom stereocenters. The molecule has 1 N–H and O–H groups in total. The molecule has 0 radical (unpaired) electrons. The lowest BCUT2D eigenvalue weighted by Crippen LogP contribution is -2.37. The van der Waals surface area contributed by atoms with Gasteiger partial charge in [0.1, 0.15) is 0 Å². The van der Waals surface area contributed by atoms with Crippen LogP contribution >= 0.6 is 0 Å². The maximum atomic E-state index is 5.28. The van der Waals surface area contributed by atoms with Gasteiger partial charge in [-0.2, -0.15) is 0 Å². The van der Waals surface area contributed by atoms with Crippen LogP contribution in [0.15, 0.2) is 254 Å². The molecule has 1 aromatic heterocycles. The maximum Gasteiger partial charge on any atom is 0.224 e. The molecule has 0 saturated heterocycles. The van der Waals surface area contributed by atoms with Crippen LogP contribution in [0.4, 0.5) is 17.3 Å². The van der Waals surface area contributed by atoms with Crippen molar-refractivity contribution in [2.45, 2.75) is 17.4 Å². The molecule has 300 valence electrons. The quantitative estimate of drug-likeness (QED) is 0.149. The number of allylic oxidation sites excluding steroid dienone is 1. The topological polar surface area (TPSA) is 41.1 Å². The largest absolute Gasteiger partial charge is 0.341 e. The molecule has 63 heavy (non-hydrogen) atoms. The van der Waals surface area contributed by atoms with Crippen LogP contribution in [0.3, 0.4) is 0 Å². The summed E-state index contributed by atoms with van der Waals surface area (Å²) in [4.78, 5) is 12.9. The van der Waals surface area contributed by atoms with E-state index >= 15 is 0 Å². The van der Waals surface area contributed by atoms with E-state index in [2.05, 4.69) is 247 Å². The molecule has 1 unspecified atom stereocenters. The smallest absolute Gasteiger partial charge is 0.224 e. The van der Waals surface area contributed by atoms with Crippen LogP contribution in [0.25, 0.3) is 33.6 Å². The summed E-state index contributed by atoms with van der Waals surface area (Å²) in [6.07, 6.45) is 7.58. The van der Waals surface area contributed by atoms with Crippen molar-refractivity contribution in [1.82, 2.24) is 9.97 Å². The highest BCUT2D eigenvalue weighted by Gasteiger charge is 2.47. The first-order valence-corrected chi connectivity index (χ1v) is 21.6. The third-order valence-electron chi connectivity index (χ3n) is 12.6. The van der Waals surface area contributed by atoms with E-state index in [0.717, 1.165) is 45.2 Å². The van der Waals surface area contributed by atoms with Gasteiger partial charge >= 0.3 is 0 Å². The van der Waals surface area contributed by atoms with Crippen molar-refractivity contribution in [3.05, 3.63) is 282 Å². The predicted octanol–water partition coefficient (Wildman–Crippen LogP) is 14.2. The lowest BCUT2D eigenvalue weighted by atomic mass is 9.67. The summed E-state index contributed by atoms with van der Waals surface area (Å²) in [5, 5.41) is 4.02. The Balaban J connectivity index is 1.12. The van der Waals surface area contributed by atoms with Crippen molar-refractivity contribution in [1.29, 1.82) is 0 Å². The normalized spacial score (nSPS) is 15.8. The minimum absolute atomic E-state index is 0.549. The Labute approximate surface area is 369 Å². The Morgan fingerprint density at radius 1 is 0.429 bits per heavy atom. The molecule has 4 heteroatoms. The summed E-state index contributed by atoms with van der Waals surface area (Å²) >= 11 is 0. The van der Waals surface area contributed by atoms with Gasteiger partial charge in [-0.05, 0) is 81.8 Å². The molecule has 2 aliphatic carbocycles. The molecular weight excluding hydrogens is 765 g/mol. The fourth-order valence-corrected chi connectivity index (χ4v) is 9.71. The minimum atomic E-state index is -0.741. The molecule has 0 saturated carbocycles. The average Bonchev–Trinajstić information content (AvgIpc) is 3.67. The van der Waals surface area contributed by atoms with Gasteiger partial charge in [0.25, 0.3) is 0 Å². The monoisotopic (exact) mass is 808 g/mol. The van der Waals surface area contributed by atoms with Crippen LogP contribution in [-0.4, -0.2) is 9.97 Å². The third-order valence-corrected chi connectivity index (χ3v) is 12.6. The number of hydrogen-bond acceptors (Lipinski definition) is 4. The van der Waals surface area contributed by atoms with Crippen LogP contribution in [0.2, 0.25) is 0 Å². The molecule has 11 rings (SSSR count). The number of aromatic nitrogens is 2. The van der Waals surface area contributed by atoms with E-state index in [9.17, 15) is 0 Å². The Morgan fingerprint density at radius 3 is 1.43 bits per heavy atom. The first-order chi connectivity index (χ1) is 31.2. The van der Waals surface area contributed by atoms with Crippen molar-refractivity contribution >= 4 is 17.3 Å². The predicted molar refractivity (Wildman–Crippen MR) is 259 cm³/mol. The molecule has 0 amide bonds. The van der Waals surface area contributed by atoms with Crippen molar-refractivity contribution in [3.63, 3.8) is 0 Å². The summed E-state index contributed by atoms with van der Waals surface area (Å²) in [5.74, 6) is 0.556. The van der Waals surface area contributed by atoms with E-state index in [1.807, 2.05) is 12.1 Å².